The monoisotopic (exact) mass is 1750 g/mol. The molecule has 0 radical (unpaired) electrons. The number of carbonyl (C=O) groups is 4. The van der Waals surface area contributed by atoms with E-state index < -0.39 is 12.4 Å². The third kappa shape index (κ3) is 48.0. The minimum atomic E-state index is -1.00. The molecule has 8 aromatic rings. The van der Waals surface area contributed by atoms with Crippen LogP contribution in [0.5, 0.6) is 0 Å². The van der Waals surface area contributed by atoms with Crippen LogP contribution in [-0.4, -0.2) is 104 Å². The number of alkyl halides is 3. The van der Waals surface area contributed by atoms with Gasteiger partial charge in [-0.1, -0.05) is 85.9 Å². The second kappa shape index (κ2) is 64.7. The van der Waals surface area contributed by atoms with E-state index in [2.05, 4.69) is 128 Å². The summed E-state index contributed by atoms with van der Waals surface area (Å²) in [4.78, 5) is 69.8. The van der Waals surface area contributed by atoms with Crippen LogP contribution in [0.4, 0.5) is 72.6 Å². The van der Waals surface area contributed by atoms with Gasteiger partial charge in [0.15, 0.2) is 27.5 Å². The van der Waals surface area contributed by atoms with E-state index in [9.17, 15) is 18.8 Å². The molecule has 1 unspecified atom stereocenters. The Bertz CT molecular complexity index is 4390. The Balaban J connectivity index is -0.000000379. The van der Waals surface area contributed by atoms with Crippen LogP contribution in [0.2, 0.25) is 15.1 Å². The van der Waals surface area contributed by atoms with Crippen molar-refractivity contribution in [2.75, 3.05) is 89.4 Å². The Morgan fingerprint density at radius 3 is 1.58 bits per heavy atom. The number of nitrogen functional groups attached to an aromatic ring is 3. The number of thiocarbonyl (C=S) groups is 1. The van der Waals surface area contributed by atoms with Crippen molar-refractivity contribution < 1.29 is 195 Å². The number of imidazole rings is 1. The molecule has 2 aliphatic heterocycles. The number of rotatable bonds is 11. The molecule has 0 fully saturated rings. The van der Waals surface area contributed by atoms with Crippen molar-refractivity contribution >= 4 is 243 Å². The standard InChI is InChI=1S/C18H14ClN3OS.C9H9Cl2NO.C8H7N3S.C8H5N3S.C7H8ClN.C7H7N3.C6H15N.C3H6OS2.C2H2Cl2O.CH3F.CH2O3.3K.H/c1-11-7-13(19)4-6-15(11)21-17(23)10-24-18-8-12-3-5-14(20-2)9-16(12)22-18;1-6-4-7(11)2-3-8(6)12-9(13)5-10;2*1-9-5-2-3-6-7(4-5)11-8(12)10-6;1-5-4-6(8)2-3-7(5)9;1-10-5-2-3-6(8)7(9)4-5;1-4-7(5-2)6-3;1-2-4-3(5)6;3-1-2(4)5;1-2;2-1-4-3;;;;/h3-7,9H,8,10H2,1H3,(H,21,23);2-4H,5H2,1H3,(H,12,13);2-4,8,10-12H;2-4H,(H2,10,11,12);2-4H,9H2,1H3;2-4H,8-9H2;4-6H2,1-3H3;2H2,1H3,(H,5,6);1H2;1H3;1,3H;;;;/q;;;;;;;;;;;3*+1;-1/p-2/i;;;;;;;;;1D;;;;;. The third-order valence-electron chi connectivity index (χ3n) is 12.7. The number of H-pyrrole nitrogens is 2. The van der Waals surface area contributed by atoms with Crippen molar-refractivity contribution in [2.24, 2.45) is 4.99 Å². The number of aryl methyl sites for hydroxylation is 3. The summed E-state index contributed by atoms with van der Waals surface area (Å²) in [5.41, 5.74) is 30.6. The number of nitrogens with zero attached hydrogens (tertiary/aromatic N) is 6. The molecule has 10 rings (SSSR count). The predicted octanol–water partition coefficient (Wildman–Crippen LogP) is 10.0. The fourth-order valence-corrected chi connectivity index (χ4v) is 9.95. The molecule has 0 saturated heterocycles. The number of ether oxygens (including phenoxy) is 1. The van der Waals surface area contributed by atoms with E-state index in [0.29, 0.717) is 67.7 Å². The van der Waals surface area contributed by atoms with Gasteiger partial charge in [-0.15, -0.1) is 47.6 Å². The smallest absolute Gasteiger partial charge is 1.00 e. The van der Waals surface area contributed by atoms with E-state index in [4.69, 9.17) is 137 Å². The minimum absolute atomic E-state index is 0. The molecule has 37 heteroatoms. The van der Waals surface area contributed by atoms with Gasteiger partial charge in [0.05, 0.1) is 86.2 Å². The van der Waals surface area contributed by atoms with Gasteiger partial charge in [0.25, 0.3) is 6.47 Å². The predicted molar refractivity (Wildman–Crippen MR) is 443 cm³/mol. The van der Waals surface area contributed by atoms with Gasteiger partial charge in [-0.05, 0) is 190 Å². The summed E-state index contributed by atoms with van der Waals surface area (Å²) in [5.74, 6) is -0.133. The van der Waals surface area contributed by atoms with Gasteiger partial charge >= 0.3 is 154 Å². The Hall–Kier alpha value is -3.75. The molecule has 12 N–H and O–H groups in total. The number of thiol groups is 1. The fraction of sp³-hybridized carbons (Fsp3) is 0.243. The first-order valence-corrected chi connectivity index (χ1v) is 35.4. The molecule has 1 aromatic heterocycles. The van der Waals surface area contributed by atoms with E-state index in [1.165, 1.54) is 31.4 Å². The maximum absolute atomic E-state index is 12.1. The van der Waals surface area contributed by atoms with Crippen molar-refractivity contribution in [3.63, 3.8) is 0 Å². The number of halogens is 7. The number of benzene rings is 7. The van der Waals surface area contributed by atoms with Gasteiger partial charge in [0.2, 0.25) is 17.1 Å². The number of hydrogen-bond acceptors (Lipinski definition) is 19. The maximum atomic E-state index is 12.1. The van der Waals surface area contributed by atoms with Crippen molar-refractivity contribution in [1.82, 2.24) is 14.9 Å². The molecule has 107 heavy (non-hydrogen) atoms. The van der Waals surface area contributed by atoms with Gasteiger partial charge < -0.3 is 94.5 Å². The van der Waals surface area contributed by atoms with Gasteiger partial charge in [-0.3, -0.25) is 23.6 Å². The van der Waals surface area contributed by atoms with Gasteiger partial charge in [-0.2, -0.15) is 0 Å². The summed E-state index contributed by atoms with van der Waals surface area (Å²) in [6, 6.07) is 37.2. The van der Waals surface area contributed by atoms with Crippen molar-refractivity contribution in [3.8, 4) is 0 Å². The van der Waals surface area contributed by atoms with Gasteiger partial charge in [0, 0.05) is 54.3 Å². The summed E-state index contributed by atoms with van der Waals surface area (Å²) in [6.07, 6.45) is 0.714. The molecule has 556 valence electrons. The quantitative estimate of drug-likeness (QED) is 0.00492. The molecular formula is C70H77Cl6FK3N15O7S5. The van der Waals surface area contributed by atoms with Crippen LogP contribution in [0.15, 0.2) is 132 Å². The van der Waals surface area contributed by atoms with E-state index >= 15 is 0 Å². The summed E-state index contributed by atoms with van der Waals surface area (Å²) >= 11 is 51.5. The molecule has 2 aliphatic rings. The summed E-state index contributed by atoms with van der Waals surface area (Å²) in [6.45, 7) is 45.4. The van der Waals surface area contributed by atoms with Crippen molar-refractivity contribution in [2.45, 2.75) is 60.4 Å². The zero-order chi connectivity index (χ0) is 79.6. The molecule has 3 heterocycles. The average molecular weight is 1750 g/mol. The minimum Gasteiger partial charge on any atom is -1.00 e. The van der Waals surface area contributed by atoms with Crippen LogP contribution in [0.1, 0.15) is 52.7 Å². The van der Waals surface area contributed by atoms with Gasteiger partial charge in [-0.25, -0.2) is 24.4 Å². The molecule has 2 amide bonds. The SMILES string of the molecule is CCN(CC)CC.CCOC(=S)[S-].Cc1cc(Cl)ccc1N.Cc1cc(Cl)ccc1NC(=O)CCl.O=C(Cl)CCl.O=CO[O-].[2H]CF.[C-]#[N+]c1ccc(N)c(N)c1.[C-]#[N+]c1ccc2[nH]c(=S)[nH]c2c1.[C-]#[N+]c1ccc2c(c1)N=C(SCC(=O)Nc1ccc(Cl)cc1C)C2.[C-]#[N+]c1ccc2c(c1)NC(S)N2.[H-].[K+].[K+].[K+]. The fourth-order valence-electron chi connectivity index (χ4n) is 7.68. The maximum Gasteiger partial charge on any atom is 1.00 e. The Kier molecular flexibility index (Phi) is 65.0. The number of hydrogen-bond donors (Lipinski definition) is 10. The number of fused-ring (bicyclic) bond motifs is 3. The third-order valence-corrected chi connectivity index (χ3v) is 15.9. The number of thioether (sulfide) groups is 1. The van der Waals surface area contributed by atoms with E-state index in [0.717, 1.165) is 77.5 Å². The normalized spacial score (nSPS) is 10.6. The van der Waals surface area contributed by atoms with Crippen molar-refractivity contribution in [1.29, 1.82) is 0 Å². The number of amides is 2. The van der Waals surface area contributed by atoms with E-state index in [1.807, 2.05) is 64.1 Å². The number of nitrogens with two attached hydrogens (primary N) is 3. The Labute approximate surface area is 810 Å². The van der Waals surface area contributed by atoms with Crippen LogP contribution >= 0.6 is 118 Å². The molecule has 22 nitrogen and oxygen atoms in total. The molecule has 0 saturated carbocycles. The zero-order valence-electron chi connectivity index (χ0n) is 62.1. The second-order valence-corrected chi connectivity index (χ2v) is 25.1. The second-order valence-electron chi connectivity index (χ2n) is 19.9. The first-order chi connectivity index (χ1) is 49.9. The summed E-state index contributed by atoms with van der Waals surface area (Å²) in [5, 5.41) is 22.6. The molecule has 7 aromatic carbocycles. The van der Waals surface area contributed by atoms with Crippen molar-refractivity contribution in [3.05, 3.63) is 215 Å². The van der Waals surface area contributed by atoms with Crippen LogP contribution in [0, 0.1) is 51.8 Å². The Morgan fingerprint density at radius 2 is 1.15 bits per heavy atom. The topological polar surface area (TPSA) is 301 Å². The zero-order valence-corrected chi connectivity index (χ0v) is 78.2. The summed E-state index contributed by atoms with van der Waals surface area (Å²) in [7, 11) is -1.00. The van der Waals surface area contributed by atoms with E-state index in [-0.39, 0.29) is 196 Å². The van der Waals surface area contributed by atoms with Crippen LogP contribution in [0.25, 0.3) is 30.4 Å². The summed E-state index contributed by atoms with van der Waals surface area (Å²) < 4.78 is 20.9. The molecule has 0 bridgehead atoms. The molecule has 0 aliphatic carbocycles. The number of carbonyl (C=O) groups excluding carboxylic acids is 4. The molecule has 0 spiro atoms. The number of anilines is 7. The first kappa shape index (κ1) is 107. The number of aromatic amines is 2. The van der Waals surface area contributed by atoms with Crippen LogP contribution in [-0.2, 0) is 47.9 Å². The molecule has 1 atom stereocenters. The van der Waals surface area contributed by atoms with Crippen LogP contribution in [0.3, 0.4) is 0 Å². The number of aliphatic imine (C=N–C) groups is 1. The number of nitrogens with one attached hydrogen (secondary N) is 6. The first-order valence-electron chi connectivity index (χ1n) is 30.8. The average Bonchev–Trinajstić information content (AvgIpc) is 1.71. The largest absolute Gasteiger partial charge is 1.00 e. The van der Waals surface area contributed by atoms with E-state index in [1.54, 1.807) is 91.0 Å². The Morgan fingerprint density at radius 1 is 0.710 bits per heavy atom. The number of aromatic nitrogens is 2. The van der Waals surface area contributed by atoms with Gasteiger partial charge in [0.1, 0.15) is 11.4 Å². The molecular weight excluding hydrogens is 1670 g/mol. The van der Waals surface area contributed by atoms with Crippen LogP contribution < -0.4 is 198 Å².